The minimum atomic E-state index is -0.148. The zero-order valence-corrected chi connectivity index (χ0v) is 19.7. The van der Waals surface area contributed by atoms with E-state index < -0.39 is 0 Å². The number of pyridine rings is 1. The summed E-state index contributed by atoms with van der Waals surface area (Å²) in [5.74, 6) is 1.84. The number of fused-ring (bicyclic) bond motifs is 1. The third-order valence-corrected chi connectivity index (χ3v) is 7.43. The third kappa shape index (κ3) is 4.53. The van der Waals surface area contributed by atoms with Crippen molar-refractivity contribution in [3.8, 4) is 11.6 Å². The molecule has 6 nitrogen and oxygen atoms in total. The Kier molecular flexibility index (Phi) is 5.93. The van der Waals surface area contributed by atoms with Crippen LogP contribution in [0.1, 0.15) is 26.5 Å². The Hall–Kier alpha value is -3.49. The van der Waals surface area contributed by atoms with Crippen molar-refractivity contribution < 1.29 is 9.21 Å². The lowest BCUT2D eigenvalue weighted by Gasteiger charge is -2.06. The summed E-state index contributed by atoms with van der Waals surface area (Å²) in [7, 11) is 0. The molecule has 1 amide bonds. The number of rotatable bonds is 6. The van der Waals surface area contributed by atoms with Crippen LogP contribution in [-0.2, 0) is 5.75 Å². The summed E-state index contributed by atoms with van der Waals surface area (Å²) in [5.41, 5.74) is 3.64. The minimum Gasteiger partial charge on any atom is -0.461 e. The van der Waals surface area contributed by atoms with Crippen LogP contribution in [0.25, 0.3) is 21.8 Å². The van der Waals surface area contributed by atoms with Gasteiger partial charge in [0, 0.05) is 34.1 Å². The van der Waals surface area contributed by atoms with Gasteiger partial charge in [-0.15, -0.1) is 23.1 Å². The maximum atomic E-state index is 13.0. The number of amides is 1. The molecule has 0 unspecified atom stereocenters. The molecule has 164 valence electrons. The van der Waals surface area contributed by atoms with Gasteiger partial charge < -0.3 is 9.73 Å². The number of aromatic nitrogens is 3. The molecule has 0 fully saturated rings. The lowest BCUT2D eigenvalue weighted by atomic mass is 10.1. The molecule has 0 aliphatic heterocycles. The van der Waals surface area contributed by atoms with Crippen molar-refractivity contribution in [2.45, 2.75) is 24.5 Å². The van der Waals surface area contributed by atoms with Crippen molar-refractivity contribution in [3.63, 3.8) is 0 Å². The van der Waals surface area contributed by atoms with E-state index in [1.807, 2.05) is 56.4 Å². The van der Waals surface area contributed by atoms with Gasteiger partial charge in [-0.05, 0) is 67.4 Å². The summed E-state index contributed by atoms with van der Waals surface area (Å²) < 4.78 is 5.43. The van der Waals surface area contributed by atoms with E-state index >= 15 is 0 Å². The minimum absolute atomic E-state index is 0.148. The molecule has 4 heterocycles. The quantitative estimate of drug-likeness (QED) is 0.284. The normalized spacial score (nSPS) is 11.1. The zero-order valence-electron chi connectivity index (χ0n) is 18.0. The number of nitrogens with one attached hydrogen (secondary N) is 1. The Morgan fingerprint density at radius 1 is 1.09 bits per heavy atom. The summed E-state index contributed by atoms with van der Waals surface area (Å²) in [4.78, 5) is 28.9. The first kappa shape index (κ1) is 21.4. The molecule has 1 N–H and O–H groups in total. The van der Waals surface area contributed by atoms with Gasteiger partial charge in [0.15, 0.2) is 11.6 Å². The average molecular weight is 473 g/mol. The van der Waals surface area contributed by atoms with Crippen LogP contribution in [-0.4, -0.2) is 20.9 Å². The molecule has 8 heteroatoms. The number of hydrogen-bond acceptors (Lipinski definition) is 7. The molecule has 0 aliphatic rings. The highest BCUT2D eigenvalue weighted by molar-refractivity contribution is 7.98. The molecule has 5 rings (SSSR count). The highest BCUT2D eigenvalue weighted by Crippen LogP contribution is 2.33. The monoisotopic (exact) mass is 472 g/mol. The van der Waals surface area contributed by atoms with Crippen molar-refractivity contribution in [1.29, 1.82) is 0 Å². The highest BCUT2D eigenvalue weighted by Gasteiger charge is 2.20. The number of thiophene rings is 1. The number of furan rings is 1. The number of aryl methyl sites for hydroxylation is 2. The molecule has 0 radical (unpaired) electrons. The fraction of sp³-hybridized carbons (Fsp3) is 0.120. The SMILES string of the molecule is Cc1nc(-c2ccco2)nc2sc(C(=O)Nc3ccc(SCc4cccnc4)cc3)c(C)c12. The molecular weight excluding hydrogens is 452 g/mol. The third-order valence-electron chi connectivity index (χ3n) is 5.16. The first-order valence-corrected chi connectivity index (χ1v) is 12.1. The number of benzene rings is 1. The molecule has 0 spiro atoms. The van der Waals surface area contributed by atoms with Gasteiger partial charge in [0.25, 0.3) is 5.91 Å². The number of thioether (sulfide) groups is 1. The van der Waals surface area contributed by atoms with E-state index in [1.54, 1.807) is 30.3 Å². The molecular formula is C25H20N4O2S2. The second-order valence-corrected chi connectivity index (χ2v) is 9.52. The van der Waals surface area contributed by atoms with E-state index in [0.717, 1.165) is 37.8 Å². The van der Waals surface area contributed by atoms with Crippen molar-refractivity contribution in [2.24, 2.45) is 0 Å². The first-order chi connectivity index (χ1) is 16.1. The van der Waals surface area contributed by atoms with Crippen molar-refractivity contribution in [3.05, 3.63) is 88.9 Å². The Bertz CT molecular complexity index is 1410. The lowest BCUT2D eigenvalue weighted by Crippen LogP contribution is -2.11. The lowest BCUT2D eigenvalue weighted by molar-refractivity contribution is 0.103. The molecule has 33 heavy (non-hydrogen) atoms. The van der Waals surface area contributed by atoms with Gasteiger partial charge in [-0.3, -0.25) is 9.78 Å². The molecule has 0 atom stereocenters. The van der Waals surface area contributed by atoms with Crippen LogP contribution in [0.2, 0.25) is 0 Å². The Morgan fingerprint density at radius 3 is 2.67 bits per heavy atom. The van der Waals surface area contributed by atoms with Crippen molar-refractivity contribution in [1.82, 2.24) is 15.0 Å². The molecule has 1 aromatic carbocycles. The molecule has 0 bridgehead atoms. The number of carbonyl (C=O) groups excluding carboxylic acids is 1. The first-order valence-electron chi connectivity index (χ1n) is 10.3. The van der Waals surface area contributed by atoms with E-state index in [9.17, 15) is 4.79 Å². The predicted molar refractivity (Wildman–Crippen MR) is 133 cm³/mol. The summed E-state index contributed by atoms with van der Waals surface area (Å²) in [6.07, 6.45) is 5.24. The highest BCUT2D eigenvalue weighted by atomic mass is 32.2. The summed E-state index contributed by atoms with van der Waals surface area (Å²) in [5, 5.41) is 3.93. The number of hydrogen-bond donors (Lipinski definition) is 1. The van der Waals surface area contributed by atoms with Gasteiger partial charge >= 0.3 is 0 Å². The topological polar surface area (TPSA) is 80.9 Å². The van der Waals surface area contributed by atoms with E-state index in [-0.39, 0.29) is 5.91 Å². The number of carbonyl (C=O) groups is 1. The smallest absolute Gasteiger partial charge is 0.266 e. The summed E-state index contributed by atoms with van der Waals surface area (Å²) >= 11 is 3.10. The van der Waals surface area contributed by atoms with Gasteiger partial charge in [0.2, 0.25) is 0 Å². The molecule has 5 aromatic rings. The molecule has 0 saturated carbocycles. The van der Waals surface area contributed by atoms with Crippen LogP contribution in [0.4, 0.5) is 5.69 Å². The van der Waals surface area contributed by atoms with Crippen LogP contribution in [0, 0.1) is 13.8 Å². The van der Waals surface area contributed by atoms with Gasteiger partial charge in [-0.25, -0.2) is 9.97 Å². The van der Waals surface area contributed by atoms with Crippen LogP contribution >= 0.6 is 23.1 Å². The predicted octanol–water partition coefficient (Wildman–Crippen LogP) is 6.51. The maximum absolute atomic E-state index is 13.0. The summed E-state index contributed by atoms with van der Waals surface area (Å²) in [6.45, 7) is 3.87. The standard InChI is InChI=1S/C25H20N4O2S2/c1-15-21-16(2)27-23(20-6-4-12-31-20)29-25(21)33-22(15)24(30)28-18-7-9-19(10-8-18)32-14-17-5-3-11-26-13-17/h3-13H,14H2,1-2H3,(H,28,30). The fourth-order valence-electron chi connectivity index (χ4n) is 3.54. The molecule has 0 saturated heterocycles. The van der Waals surface area contributed by atoms with Crippen molar-refractivity contribution in [2.75, 3.05) is 5.32 Å². The molecule has 4 aromatic heterocycles. The van der Waals surface area contributed by atoms with Gasteiger partial charge in [0.1, 0.15) is 4.83 Å². The van der Waals surface area contributed by atoms with Gasteiger partial charge in [-0.1, -0.05) is 6.07 Å². The average Bonchev–Trinajstić information content (AvgIpc) is 3.48. The van der Waals surface area contributed by atoms with Crippen LogP contribution < -0.4 is 5.32 Å². The Balaban J connectivity index is 1.32. The Labute approximate surface area is 199 Å². The number of nitrogens with zero attached hydrogens (tertiary/aromatic N) is 3. The zero-order chi connectivity index (χ0) is 22.8. The van der Waals surface area contributed by atoms with E-state index in [1.165, 1.54) is 16.9 Å². The van der Waals surface area contributed by atoms with Gasteiger partial charge in [0.05, 0.1) is 16.8 Å². The second-order valence-electron chi connectivity index (χ2n) is 7.47. The largest absolute Gasteiger partial charge is 0.461 e. The van der Waals surface area contributed by atoms with E-state index in [4.69, 9.17) is 4.42 Å². The summed E-state index contributed by atoms with van der Waals surface area (Å²) in [6, 6.07) is 15.5. The van der Waals surface area contributed by atoms with E-state index in [0.29, 0.717) is 16.5 Å². The Morgan fingerprint density at radius 2 is 1.94 bits per heavy atom. The molecule has 0 aliphatic carbocycles. The second kappa shape index (κ2) is 9.17. The van der Waals surface area contributed by atoms with Crippen molar-refractivity contribution >= 4 is 44.9 Å². The van der Waals surface area contributed by atoms with E-state index in [2.05, 4.69) is 26.3 Å². The van der Waals surface area contributed by atoms with Crippen LogP contribution in [0.3, 0.4) is 0 Å². The number of anilines is 1. The maximum Gasteiger partial charge on any atom is 0.266 e. The van der Waals surface area contributed by atoms with Gasteiger partial charge in [-0.2, -0.15) is 0 Å². The van der Waals surface area contributed by atoms with Crippen LogP contribution in [0.5, 0.6) is 0 Å². The van der Waals surface area contributed by atoms with Crippen LogP contribution in [0.15, 0.2) is 76.5 Å². The fourth-order valence-corrected chi connectivity index (χ4v) is 5.50.